The van der Waals surface area contributed by atoms with E-state index in [1.54, 1.807) is 13.1 Å². The Morgan fingerprint density at radius 2 is 2.24 bits per heavy atom. The molecule has 1 aliphatic carbocycles. The van der Waals surface area contributed by atoms with Crippen LogP contribution in [0.25, 0.3) is 0 Å². The van der Waals surface area contributed by atoms with Gasteiger partial charge in [-0.3, -0.25) is 9.63 Å². The van der Waals surface area contributed by atoms with Gasteiger partial charge < -0.3 is 0 Å². The quantitative estimate of drug-likeness (QED) is 0.742. The minimum atomic E-state index is -0.0468. The van der Waals surface area contributed by atoms with Gasteiger partial charge in [0.25, 0.3) is 0 Å². The van der Waals surface area contributed by atoms with Crippen molar-refractivity contribution in [2.45, 2.75) is 12.3 Å². The van der Waals surface area contributed by atoms with Crippen LogP contribution < -0.4 is 0 Å². The number of rotatable bonds is 3. The zero-order valence-corrected chi connectivity index (χ0v) is 9.88. The molecule has 1 aromatic rings. The SMILES string of the molecule is CON(C)C(=O)[C@@H]1C[C@H]1c1ccccc1C#N. The van der Waals surface area contributed by atoms with Gasteiger partial charge in [-0.25, -0.2) is 5.06 Å². The van der Waals surface area contributed by atoms with Crippen LogP contribution in [-0.2, 0) is 9.63 Å². The molecule has 0 N–H and O–H groups in total. The van der Waals surface area contributed by atoms with Crippen molar-refractivity contribution in [3.63, 3.8) is 0 Å². The van der Waals surface area contributed by atoms with E-state index in [4.69, 9.17) is 10.1 Å². The van der Waals surface area contributed by atoms with Gasteiger partial charge >= 0.3 is 0 Å². The lowest BCUT2D eigenvalue weighted by molar-refractivity contribution is -0.170. The third kappa shape index (κ3) is 2.15. The number of carbonyl (C=O) groups is 1. The van der Waals surface area contributed by atoms with Gasteiger partial charge in [0.15, 0.2) is 0 Å². The Morgan fingerprint density at radius 3 is 2.88 bits per heavy atom. The third-order valence-electron chi connectivity index (χ3n) is 3.17. The highest BCUT2D eigenvalue weighted by molar-refractivity contribution is 5.82. The number of amides is 1. The summed E-state index contributed by atoms with van der Waals surface area (Å²) < 4.78 is 0. The lowest BCUT2D eigenvalue weighted by Gasteiger charge is -2.13. The molecule has 0 spiro atoms. The largest absolute Gasteiger partial charge is 0.275 e. The van der Waals surface area contributed by atoms with Gasteiger partial charge in [-0.15, -0.1) is 0 Å². The number of nitrogens with zero attached hydrogens (tertiary/aromatic N) is 2. The second kappa shape index (κ2) is 4.56. The first-order chi connectivity index (χ1) is 8.19. The van der Waals surface area contributed by atoms with Gasteiger partial charge in [-0.1, -0.05) is 18.2 Å². The Labute approximate surface area is 100 Å². The topological polar surface area (TPSA) is 53.3 Å². The van der Waals surface area contributed by atoms with Crippen molar-refractivity contribution in [1.82, 2.24) is 5.06 Å². The standard InChI is InChI=1S/C13H14N2O2/c1-15(17-2)13(16)12-7-11(12)10-6-4-3-5-9(10)8-14/h3-6,11-12H,7H2,1-2H3/t11-,12+/m0/s1. The second-order valence-corrected chi connectivity index (χ2v) is 4.17. The van der Waals surface area contributed by atoms with Crippen molar-refractivity contribution < 1.29 is 9.63 Å². The smallest absolute Gasteiger partial charge is 0.249 e. The molecular formula is C13H14N2O2. The Kier molecular flexibility index (Phi) is 3.12. The van der Waals surface area contributed by atoms with Crippen molar-refractivity contribution in [3.8, 4) is 6.07 Å². The van der Waals surface area contributed by atoms with Gasteiger partial charge in [0.1, 0.15) is 0 Å². The van der Waals surface area contributed by atoms with E-state index in [0.29, 0.717) is 5.56 Å². The minimum absolute atomic E-state index is 0.0229. The van der Waals surface area contributed by atoms with Crippen LogP contribution in [0.4, 0.5) is 0 Å². The Hall–Kier alpha value is -1.86. The van der Waals surface area contributed by atoms with E-state index in [-0.39, 0.29) is 17.7 Å². The molecular weight excluding hydrogens is 216 g/mol. The molecule has 2 atom stereocenters. The summed E-state index contributed by atoms with van der Waals surface area (Å²) in [7, 11) is 3.08. The molecule has 0 bridgehead atoms. The summed E-state index contributed by atoms with van der Waals surface area (Å²) in [5.74, 6) is 0.0932. The molecule has 1 fully saturated rings. The number of hydroxylamine groups is 2. The van der Waals surface area contributed by atoms with Crippen molar-refractivity contribution in [2.75, 3.05) is 14.2 Å². The fraction of sp³-hybridized carbons (Fsp3) is 0.385. The summed E-state index contributed by atoms with van der Waals surface area (Å²) in [5.41, 5.74) is 1.63. The maximum absolute atomic E-state index is 11.8. The number of nitriles is 1. The fourth-order valence-corrected chi connectivity index (χ4v) is 2.06. The highest BCUT2D eigenvalue weighted by atomic mass is 16.7. The molecule has 1 saturated carbocycles. The van der Waals surface area contributed by atoms with Gasteiger partial charge in [-0.2, -0.15) is 5.26 Å². The summed E-state index contributed by atoms with van der Waals surface area (Å²) >= 11 is 0. The summed E-state index contributed by atoms with van der Waals surface area (Å²) in [5, 5.41) is 10.3. The zero-order valence-electron chi connectivity index (χ0n) is 9.88. The van der Waals surface area contributed by atoms with E-state index >= 15 is 0 Å². The maximum atomic E-state index is 11.8. The molecule has 0 unspecified atom stereocenters. The first kappa shape index (κ1) is 11.6. The zero-order chi connectivity index (χ0) is 12.4. The first-order valence-corrected chi connectivity index (χ1v) is 5.49. The molecule has 1 amide bonds. The molecule has 2 rings (SSSR count). The fourth-order valence-electron chi connectivity index (χ4n) is 2.06. The van der Waals surface area contributed by atoms with Crippen LogP contribution in [0.3, 0.4) is 0 Å². The third-order valence-corrected chi connectivity index (χ3v) is 3.17. The van der Waals surface area contributed by atoms with E-state index in [9.17, 15) is 4.79 Å². The second-order valence-electron chi connectivity index (χ2n) is 4.17. The van der Waals surface area contributed by atoms with Crippen LogP contribution in [0.5, 0.6) is 0 Å². The molecule has 1 aliphatic rings. The van der Waals surface area contributed by atoms with Crippen LogP contribution in [0.2, 0.25) is 0 Å². The molecule has 0 radical (unpaired) electrons. The van der Waals surface area contributed by atoms with Crippen LogP contribution in [0.15, 0.2) is 24.3 Å². The molecule has 0 aromatic heterocycles. The maximum Gasteiger partial charge on any atom is 0.249 e. The summed E-state index contributed by atoms with van der Waals surface area (Å²) in [6, 6.07) is 9.61. The van der Waals surface area contributed by atoms with Gasteiger partial charge in [0.2, 0.25) is 5.91 Å². The molecule has 88 valence electrons. The number of carbonyl (C=O) groups excluding carboxylic acids is 1. The Bertz CT molecular complexity index is 479. The monoisotopic (exact) mass is 230 g/mol. The van der Waals surface area contributed by atoms with E-state index in [2.05, 4.69) is 6.07 Å². The summed E-state index contributed by atoms with van der Waals surface area (Å²) in [6.07, 6.45) is 0.797. The molecule has 4 heteroatoms. The Balaban J connectivity index is 2.13. The highest BCUT2D eigenvalue weighted by Gasteiger charge is 2.46. The average molecular weight is 230 g/mol. The van der Waals surface area contributed by atoms with Crippen LogP contribution in [0.1, 0.15) is 23.5 Å². The van der Waals surface area contributed by atoms with Gasteiger partial charge in [-0.05, 0) is 24.0 Å². The van der Waals surface area contributed by atoms with Crippen molar-refractivity contribution >= 4 is 5.91 Å². The number of hydrogen-bond acceptors (Lipinski definition) is 3. The minimum Gasteiger partial charge on any atom is -0.275 e. The molecule has 1 aromatic carbocycles. The highest BCUT2D eigenvalue weighted by Crippen LogP contribution is 2.49. The van der Waals surface area contributed by atoms with E-state index in [1.807, 2.05) is 18.2 Å². The van der Waals surface area contributed by atoms with Gasteiger partial charge in [0, 0.05) is 13.0 Å². The van der Waals surface area contributed by atoms with E-state index in [0.717, 1.165) is 12.0 Å². The van der Waals surface area contributed by atoms with Crippen molar-refractivity contribution in [3.05, 3.63) is 35.4 Å². The van der Waals surface area contributed by atoms with Crippen molar-refractivity contribution in [2.24, 2.45) is 5.92 Å². The van der Waals surface area contributed by atoms with Crippen molar-refractivity contribution in [1.29, 1.82) is 5.26 Å². The molecule has 0 heterocycles. The first-order valence-electron chi connectivity index (χ1n) is 5.49. The summed E-state index contributed by atoms with van der Waals surface area (Å²) in [6.45, 7) is 0. The lowest BCUT2D eigenvalue weighted by Crippen LogP contribution is -2.27. The molecule has 4 nitrogen and oxygen atoms in total. The summed E-state index contributed by atoms with van der Waals surface area (Å²) in [4.78, 5) is 16.7. The number of hydrogen-bond donors (Lipinski definition) is 0. The molecule has 0 saturated heterocycles. The normalized spacial score (nSPS) is 21.7. The predicted molar refractivity (Wildman–Crippen MR) is 61.8 cm³/mol. The van der Waals surface area contributed by atoms with Crippen LogP contribution in [-0.4, -0.2) is 25.1 Å². The number of benzene rings is 1. The molecule has 17 heavy (non-hydrogen) atoms. The average Bonchev–Trinajstić information content (AvgIpc) is 3.17. The van der Waals surface area contributed by atoms with E-state index < -0.39 is 0 Å². The van der Waals surface area contributed by atoms with Gasteiger partial charge in [0.05, 0.1) is 18.7 Å². The van der Waals surface area contributed by atoms with Crippen LogP contribution in [0, 0.1) is 17.2 Å². The van der Waals surface area contributed by atoms with E-state index in [1.165, 1.54) is 12.2 Å². The Morgan fingerprint density at radius 1 is 1.53 bits per heavy atom. The predicted octanol–water partition coefficient (Wildman–Crippen LogP) is 1.68. The lowest BCUT2D eigenvalue weighted by atomic mass is 10.0. The molecule has 0 aliphatic heterocycles. The van der Waals surface area contributed by atoms with Crippen LogP contribution >= 0.6 is 0 Å².